The van der Waals surface area contributed by atoms with Gasteiger partial charge in [-0.3, -0.25) is 0 Å². The Hall–Kier alpha value is -1.21. The van der Waals surface area contributed by atoms with Gasteiger partial charge in [-0.15, -0.1) is 0 Å². The molecule has 0 amide bonds. The van der Waals surface area contributed by atoms with E-state index in [9.17, 15) is 8.42 Å². The first kappa shape index (κ1) is 14.2. The van der Waals surface area contributed by atoms with Crippen LogP contribution in [0.2, 0.25) is 0 Å². The molecule has 7 heteroatoms. The lowest BCUT2D eigenvalue weighted by Crippen LogP contribution is -2.34. The second kappa shape index (κ2) is 5.42. The third-order valence-electron chi connectivity index (χ3n) is 3.51. The first-order valence-corrected chi connectivity index (χ1v) is 8.15. The summed E-state index contributed by atoms with van der Waals surface area (Å²) in [5, 5.41) is 3.07. The first-order valence-electron chi connectivity index (χ1n) is 6.33. The minimum atomic E-state index is -2.88. The zero-order valence-corrected chi connectivity index (χ0v) is 12.4. The Kier molecular flexibility index (Phi) is 4.05. The van der Waals surface area contributed by atoms with E-state index < -0.39 is 9.84 Å². The zero-order valence-electron chi connectivity index (χ0n) is 11.5. The van der Waals surface area contributed by atoms with Crippen molar-refractivity contribution in [2.75, 3.05) is 30.5 Å². The lowest BCUT2D eigenvalue weighted by molar-refractivity contribution is 0.600. The second-order valence-electron chi connectivity index (χ2n) is 4.98. The molecule has 1 atom stereocenters. The summed E-state index contributed by atoms with van der Waals surface area (Å²) >= 11 is 0. The maximum Gasteiger partial charge on any atom is 0.225 e. The number of aromatic nitrogens is 2. The van der Waals surface area contributed by atoms with Crippen LogP contribution in [0.15, 0.2) is 6.20 Å². The second-order valence-corrected chi connectivity index (χ2v) is 7.21. The van der Waals surface area contributed by atoms with Crippen LogP contribution in [0.4, 0.5) is 5.95 Å². The van der Waals surface area contributed by atoms with Gasteiger partial charge in [0.2, 0.25) is 5.95 Å². The van der Waals surface area contributed by atoms with Gasteiger partial charge in [-0.2, -0.15) is 0 Å². The average molecular weight is 284 g/mol. The number of hydrogen-bond donors (Lipinski definition) is 1. The number of aryl methyl sites for hydroxylation is 1. The molecule has 1 saturated heterocycles. The fourth-order valence-corrected chi connectivity index (χ4v) is 4.03. The quantitative estimate of drug-likeness (QED) is 0.847. The monoisotopic (exact) mass is 284 g/mol. The van der Waals surface area contributed by atoms with Crippen molar-refractivity contribution in [3.8, 4) is 0 Å². The van der Waals surface area contributed by atoms with Crippen molar-refractivity contribution in [1.29, 1.82) is 0 Å². The number of anilines is 1. The molecule has 0 aliphatic carbocycles. The Labute approximate surface area is 114 Å². The molecule has 1 aromatic rings. The molecule has 2 rings (SSSR count). The molecule has 2 heterocycles. The van der Waals surface area contributed by atoms with Crippen molar-refractivity contribution in [3.63, 3.8) is 0 Å². The zero-order chi connectivity index (χ0) is 14.0. The van der Waals surface area contributed by atoms with Crippen LogP contribution < -0.4 is 10.2 Å². The van der Waals surface area contributed by atoms with Gasteiger partial charge in [0.15, 0.2) is 9.84 Å². The van der Waals surface area contributed by atoms with Crippen molar-refractivity contribution >= 4 is 15.8 Å². The molecule has 0 spiro atoms. The van der Waals surface area contributed by atoms with Crippen LogP contribution in [0.5, 0.6) is 0 Å². The van der Waals surface area contributed by atoms with E-state index in [1.54, 1.807) is 6.20 Å². The van der Waals surface area contributed by atoms with Crippen LogP contribution in [0, 0.1) is 6.92 Å². The van der Waals surface area contributed by atoms with E-state index in [0.717, 1.165) is 17.8 Å². The van der Waals surface area contributed by atoms with Crippen molar-refractivity contribution in [3.05, 3.63) is 17.5 Å². The highest BCUT2D eigenvalue weighted by molar-refractivity contribution is 7.91. The van der Waals surface area contributed by atoms with Crippen LogP contribution in [0.1, 0.15) is 17.7 Å². The van der Waals surface area contributed by atoms with E-state index in [1.165, 1.54) is 0 Å². The Bertz CT molecular complexity index is 559. The van der Waals surface area contributed by atoms with Crippen molar-refractivity contribution in [1.82, 2.24) is 15.3 Å². The summed E-state index contributed by atoms with van der Waals surface area (Å²) in [5.41, 5.74) is 1.98. The maximum absolute atomic E-state index is 11.5. The fourth-order valence-electron chi connectivity index (χ4n) is 2.26. The summed E-state index contributed by atoms with van der Waals surface area (Å²) in [4.78, 5) is 10.7. The van der Waals surface area contributed by atoms with Crippen LogP contribution >= 0.6 is 0 Å². The lowest BCUT2D eigenvalue weighted by Gasteiger charge is -2.23. The molecule has 6 nitrogen and oxygen atoms in total. The molecule has 1 aromatic heterocycles. The number of nitrogens with one attached hydrogen (secondary N) is 1. The van der Waals surface area contributed by atoms with Crippen molar-refractivity contribution < 1.29 is 8.42 Å². The molecule has 1 N–H and O–H groups in total. The average Bonchev–Trinajstić information content (AvgIpc) is 2.71. The standard InChI is InChI=1S/C12H20N4O2S/c1-9-10(6-13-2)7-14-12(15-9)16(3)11-4-5-19(17,18)8-11/h7,11,13H,4-6,8H2,1-3H3. The van der Waals surface area contributed by atoms with Gasteiger partial charge >= 0.3 is 0 Å². The van der Waals surface area contributed by atoms with Gasteiger partial charge < -0.3 is 10.2 Å². The lowest BCUT2D eigenvalue weighted by atomic mass is 10.2. The van der Waals surface area contributed by atoms with Gasteiger partial charge in [0.1, 0.15) is 0 Å². The molecule has 0 aromatic carbocycles. The number of sulfone groups is 1. The highest BCUT2D eigenvalue weighted by Crippen LogP contribution is 2.20. The molecule has 19 heavy (non-hydrogen) atoms. The van der Waals surface area contributed by atoms with E-state index in [1.807, 2.05) is 25.9 Å². The van der Waals surface area contributed by atoms with Crippen molar-refractivity contribution in [2.24, 2.45) is 0 Å². The van der Waals surface area contributed by atoms with E-state index in [-0.39, 0.29) is 17.5 Å². The molecule has 1 fully saturated rings. The Morgan fingerprint density at radius 3 is 2.79 bits per heavy atom. The fraction of sp³-hybridized carbons (Fsp3) is 0.667. The summed E-state index contributed by atoms with van der Waals surface area (Å²) in [6.07, 6.45) is 2.45. The van der Waals surface area contributed by atoms with Gasteiger partial charge in [0.05, 0.1) is 11.5 Å². The summed E-state index contributed by atoms with van der Waals surface area (Å²) < 4.78 is 23.0. The Morgan fingerprint density at radius 2 is 2.26 bits per heavy atom. The topological polar surface area (TPSA) is 75.2 Å². The smallest absolute Gasteiger partial charge is 0.225 e. The normalized spacial score (nSPS) is 21.5. The number of hydrogen-bond acceptors (Lipinski definition) is 6. The third-order valence-corrected chi connectivity index (χ3v) is 5.26. The van der Waals surface area contributed by atoms with Crippen molar-refractivity contribution in [2.45, 2.75) is 25.9 Å². The Morgan fingerprint density at radius 1 is 1.53 bits per heavy atom. The molecule has 1 aliphatic heterocycles. The predicted molar refractivity (Wildman–Crippen MR) is 75.0 cm³/mol. The van der Waals surface area contributed by atoms with E-state index in [2.05, 4.69) is 15.3 Å². The van der Waals surface area contributed by atoms with Gasteiger partial charge in [0, 0.05) is 37.1 Å². The van der Waals surface area contributed by atoms with Gasteiger partial charge in [-0.25, -0.2) is 18.4 Å². The van der Waals surface area contributed by atoms with Gasteiger partial charge in [-0.05, 0) is 20.4 Å². The molecule has 1 unspecified atom stereocenters. The largest absolute Gasteiger partial charge is 0.340 e. The molecular weight excluding hydrogens is 264 g/mol. The molecule has 0 bridgehead atoms. The minimum Gasteiger partial charge on any atom is -0.340 e. The summed E-state index contributed by atoms with van der Waals surface area (Å²) in [5.74, 6) is 1.06. The molecule has 0 radical (unpaired) electrons. The van der Waals surface area contributed by atoms with Gasteiger partial charge in [-0.1, -0.05) is 0 Å². The summed E-state index contributed by atoms with van der Waals surface area (Å²) in [6, 6.07) is -0.0143. The first-order chi connectivity index (χ1) is 8.93. The molecular formula is C12H20N4O2S. The molecule has 0 saturated carbocycles. The predicted octanol–water partition coefficient (Wildman–Crippen LogP) is 0.128. The van der Waals surface area contributed by atoms with E-state index in [4.69, 9.17) is 0 Å². The number of nitrogens with zero attached hydrogens (tertiary/aromatic N) is 3. The van der Waals surface area contributed by atoms with Crippen LogP contribution in [-0.4, -0.2) is 50.0 Å². The molecule has 106 valence electrons. The summed E-state index contributed by atoms with van der Waals surface area (Å²) in [7, 11) is 0.854. The SMILES string of the molecule is CNCc1cnc(N(C)C2CCS(=O)(=O)C2)nc1C. The summed E-state index contributed by atoms with van der Waals surface area (Å²) in [6.45, 7) is 2.67. The highest BCUT2D eigenvalue weighted by Gasteiger charge is 2.31. The molecule has 1 aliphatic rings. The van der Waals surface area contributed by atoms with Crippen LogP contribution in [0.25, 0.3) is 0 Å². The Balaban J connectivity index is 2.16. The third kappa shape index (κ3) is 3.22. The van der Waals surface area contributed by atoms with Gasteiger partial charge in [0.25, 0.3) is 0 Å². The van der Waals surface area contributed by atoms with E-state index >= 15 is 0 Å². The highest BCUT2D eigenvalue weighted by atomic mass is 32.2. The van der Waals surface area contributed by atoms with Crippen LogP contribution in [-0.2, 0) is 16.4 Å². The van der Waals surface area contributed by atoms with E-state index in [0.29, 0.717) is 12.4 Å². The minimum absolute atomic E-state index is 0.0143. The maximum atomic E-state index is 11.5. The number of rotatable bonds is 4. The van der Waals surface area contributed by atoms with Crippen LogP contribution in [0.3, 0.4) is 0 Å².